The fraction of sp³-hybridized carbons (Fsp3) is 0. The SMILES string of the molecule is Clc1ccc2c(c1)oc1ccc3ccccc3c12. The van der Waals surface area contributed by atoms with Crippen molar-refractivity contribution < 1.29 is 4.42 Å². The van der Waals surface area contributed by atoms with Crippen LogP contribution in [0, 0.1) is 0 Å². The second-order valence-corrected chi connectivity index (χ2v) is 4.84. The molecule has 0 spiro atoms. The Hall–Kier alpha value is -1.99. The first-order chi connectivity index (χ1) is 8.83. The van der Waals surface area contributed by atoms with Crippen LogP contribution in [0.3, 0.4) is 0 Å². The molecule has 0 radical (unpaired) electrons. The standard InChI is InChI=1S/C16H9ClO/c17-11-6-7-13-15(9-11)18-14-8-5-10-3-1-2-4-12(10)16(13)14/h1-9H. The number of halogens is 1. The van der Waals surface area contributed by atoms with Gasteiger partial charge in [0.05, 0.1) is 0 Å². The van der Waals surface area contributed by atoms with Crippen LogP contribution in [0.1, 0.15) is 0 Å². The van der Waals surface area contributed by atoms with Crippen LogP contribution in [0.2, 0.25) is 5.02 Å². The minimum absolute atomic E-state index is 0.700. The quantitative estimate of drug-likeness (QED) is 0.409. The molecule has 0 fully saturated rings. The van der Waals surface area contributed by atoms with E-state index < -0.39 is 0 Å². The lowest BCUT2D eigenvalue weighted by Crippen LogP contribution is -1.73. The zero-order chi connectivity index (χ0) is 12.1. The van der Waals surface area contributed by atoms with Crippen molar-refractivity contribution in [3.8, 4) is 0 Å². The Balaban J connectivity index is 2.33. The highest BCUT2D eigenvalue weighted by atomic mass is 35.5. The first-order valence-corrected chi connectivity index (χ1v) is 6.20. The molecular weight excluding hydrogens is 244 g/mol. The summed E-state index contributed by atoms with van der Waals surface area (Å²) in [6, 6.07) is 18.2. The lowest BCUT2D eigenvalue weighted by atomic mass is 10.0. The van der Waals surface area contributed by atoms with E-state index in [1.54, 1.807) is 0 Å². The zero-order valence-corrected chi connectivity index (χ0v) is 10.2. The van der Waals surface area contributed by atoms with Crippen molar-refractivity contribution in [2.45, 2.75) is 0 Å². The van der Waals surface area contributed by atoms with Gasteiger partial charge in [0, 0.05) is 21.9 Å². The largest absolute Gasteiger partial charge is 0.456 e. The van der Waals surface area contributed by atoms with Gasteiger partial charge in [-0.3, -0.25) is 0 Å². The topological polar surface area (TPSA) is 13.1 Å². The van der Waals surface area contributed by atoms with E-state index in [2.05, 4.69) is 24.3 Å². The molecule has 0 unspecified atom stereocenters. The predicted molar refractivity (Wildman–Crippen MR) is 76.2 cm³/mol. The molecule has 1 aromatic heterocycles. The Morgan fingerprint density at radius 3 is 2.61 bits per heavy atom. The molecule has 4 rings (SSSR count). The summed E-state index contributed by atoms with van der Waals surface area (Å²) in [5.74, 6) is 0. The van der Waals surface area contributed by atoms with Gasteiger partial charge in [0.25, 0.3) is 0 Å². The van der Waals surface area contributed by atoms with E-state index in [0.29, 0.717) is 5.02 Å². The van der Waals surface area contributed by atoms with Gasteiger partial charge in [-0.2, -0.15) is 0 Å². The van der Waals surface area contributed by atoms with Gasteiger partial charge in [-0.1, -0.05) is 41.9 Å². The number of rotatable bonds is 0. The van der Waals surface area contributed by atoms with Crippen LogP contribution in [0.4, 0.5) is 0 Å². The fourth-order valence-corrected chi connectivity index (χ4v) is 2.68. The summed E-state index contributed by atoms with van der Waals surface area (Å²) >= 11 is 6.00. The zero-order valence-electron chi connectivity index (χ0n) is 9.48. The molecule has 3 aromatic carbocycles. The van der Waals surface area contributed by atoms with E-state index in [0.717, 1.165) is 16.6 Å². The third-order valence-corrected chi connectivity index (χ3v) is 3.56. The first kappa shape index (κ1) is 9.98. The molecule has 0 aliphatic heterocycles. The minimum Gasteiger partial charge on any atom is -0.456 e. The lowest BCUT2D eigenvalue weighted by Gasteiger charge is -1.98. The van der Waals surface area contributed by atoms with Crippen molar-refractivity contribution in [3.63, 3.8) is 0 Å². The van der Waals surface area contributed by atoms with Crippen molar-refractivity contribution in [3.05, 3.63) is 59.6 Å². The van der Waals surface area contributed by atoms with Gasteiger partial charge in [-0.25, -0.2) is 0 Å². The van der Waals surface area contributed by atoms with Gasteiger partial charge < -0.3 is 4.42 Å². The van der Waals surface area contributed by atoms with Gasteiger partial charge >= 0.3 is 0 Å². The molecule has 0 aliphatic rings. The second kappa shape index (κ2) is 3.50. The highest BCUT2D eigenvalue weighted by Crippen LogP contribution is 2.35. The molecule has 0 atom stereocenters. The predicted octanol–water partition coefficient (Wildman–Crippen LogP) is 5.39. The van der Waals surface area contributed by atoms with Crippen molar-refractivity contribution >= 4 is 44.3 Å². The Kier molecular flexibility index (Phi) is 1.94. The molecular formula is C16H9ClO. The average Bonchev–Trinajstić information content (AvgIpc) is 2.76. The summed E-state index contributed by atoms with van der Waals surface area (Å²) in [5.41, 5.74) is 1.75. The molecule has 0 saturated carbocycles. The highest BCUT2D eigenvalue weighted by Gasteiger charge is 2.10. The fourth-order valence-electron chi connectivity index (χ4n) is 2.52. The van der Waals surface area contributed by atoms with Gasteiger partial charge in [0.15, 0.2) is 0 Å². The molecule has 0 amide bonds. The molecule has 18 heavy (non-hydrogen) atoms. The van der Waals surface area contributed by atoms with Gasteiger partial charge in [-0.05, 0) is 29.0 Å². The second-order valence-electron chi connectivity index (χ2n) is 4.40. The van der Waals surface area contributed by atoms with Crippen LogP contribution >= 0.6 is 11.6 Å². The van der Waals surface area contributed by atoms with E-state index in [-0.39, 0.29) is 0 Å². The summed E-state index contributed by atoms with van der Waals surface area (Å²) in [7, 11) is 0. The van der Waals surface area contributed by atoms with Crippen molar-refractivity contribution in [2.75, 3.05) is 0 Å². The van der Waals surface area contributed by atoms with Crippen molar-refractivity contribution in [2.24, 2.45) is 0 Å². The number of hydrogen-bond donors (Lipinski definition) is 0. The summed E-state index contributed by atoms with van der Waals surface area (Å²) in [5, 5.41) is 5.43. The van der Waals surface area contributed by atoms with E-state index in [9.17, 15) is 0 Å². The van der Waals surface area contributed by atoms with Crippen LogP contribution in [-0.4, -0.2) is 0 Å². The Bertz CT molecular complexity index is 889. The molecule has 0 saturated heterocycles. The van der Waals surface area contributed by atoms with E-state index in [1.165, 1.54) is 16.2 Å². The molecule has 0 aliphatic carbocycles. The summed E-state index contributed by atoms with van der Waals surface area (Å²) in [6.45, 7) is 0. The monoisotopic (exact) mass is 252 g/mol. The molecule has 0 N–H and O–H groups in total. The molecule has 2 heteroatoms. The molecule has 1 heterocycles. The average molecular weight is 253 g/mol. The summed E-state index contributed by atoms with van der Waals surface area (Å²) < 4.78 is 5.86. The van der Waals surface area contributed by atoms with Crippen molar-refractivity contribution in [1.82, 2.24) is 0 Å². The van der Waals surface area contributed by atoms with Crippen LogP contribution in [0.15, 0.2) is 59.0 Å². The highest BCUT2D eigenvalue weighted by molar-refractivity contribution is 6.31. The normalized spacial score (nSPS) is 11.6. The summed E-state index contributed by atoms with van der Waals surface area (Å²) in [6.07, 6.45) is 0. The Morgan fingerprint density at radius 2 is 1.67 bits per heavy atom. The molecule has 0 bridgehead atoms. The van der Waals surface area contributed by atoms with Gasteiger partial charge in [-0.15, -0.1) is 0 Å². The Morgan fingerprint density at radius 1 is 0.778 bits per heavy atom. The van der Waals surface area contributed by atoms with Gasteiger partial charge in [0.2, 0.25) is 0 Å². The van der Waals surface area contributed by atoms with Crippen molar-refractivity contribution in [1.29, 1.82) is 0 Å². The van der Waals surface area contributed by atoms with Crippen LogP contribution in [-0.2, 0) is 0 Å². The van der Waals surface area contributed by atoms with Crippen LogP contribution in [0.25, 0.3) is 32.7 Å². The van der Waals surface area contributed by atoms with E-state index in [1.807, 2.05) is 30.3 Å². The maximum absolute atomic E-state index is 6.00. The number of benzene rings is 3. The third-order valence-electron chi connectivity index (χ3n) is 3.32. The minimum atomic E-state index is 0.700. The number of hydrogen-bond acceptors (Lipinski definition) is 1. The smallest absolute Gasteiger partial charge is 0.136 e. The van der Waals surface area contributed by atoms with Crippen LogP contribution in [0.5, 0.6) is 0 Å². The molecule has 4 aromatic rings. The molecule has 1 nitrogen and oxygen atoms in total. The van der Waals surface area contributed by atoms with E-state index >= 15 is 0 Å². The van der Waals surface area contributed by atoms with Crippen LogP contribution < -0.4 is 0 Å². The van der Waals surface area contributed by atoms with E-state index in [4.69, 9.17) is 16.0 Å². The lowest BCUT2D eigenvalue weighted by molar-refractivity contribution is 0.669. The summed E-state index contributed by atoms with van der Waals surface area (Å²) in [4.78, 5) is 0. The Labute approximate surface area is 109 Å². The number of furan rings is 1. The molecule has 86 valence electrons. The maximum atomic E-state index is 6.00. The first-order valence-electron chi connectivity index (χ1n) is 5.82. The third kappa shape index (κ3) is 1.28. The van der Waals surface area contributed by atoms with Gasteiger partial charge in [0.1, 0.15) is 11.2 Å². The number of fused-ring (bicyclic) bond motifs is 5. The maximum Gasteiger partial charge on any atom is 0.136 e.